The van der Waals surface area contributed by atoms with Gasteiger partial charge in [0.05, 0.1) is 13.1 Å². The Balaban J connectivity index is 2.08. The van der Waals surface area contributed by atoms with E-state index in [1.807, 2.05) is 6.92 Å². The van der Waals surface area contributed by atoms with Crippen molar-refractivity contribution in [2.24, 2.45) is 0 Å². The first kappa shape index (κ1) is 12.1. The predicted octanol–water partition coefficient (Wildman–Crippen LogP) is 1.81. The molecule has 1 fully saturated rings. The van der Waals surface area contributed by atoms with Gasteiger partial charge in [-0.15, -0.1) is 16.6 Å². The molecule has 92 valence electrons. The van der Waals surface area contributed by atoms with E-state index in [0.29, 0.717) is 19.1 Å². The molecule has 1 aromatic rings. The average Bonchev–Trinajstić information content (AvgIpc) is 2.72. The largest absolute Gasteiger partial charge is 0.311 e. The second kappa shape index (κ2) is 5.83. The average molecular weight is 232 g/mol. The molecule has 17 heavy (non-hydrogen) atoms. The van der Waals surface area contributed by atoms with Crippen molar-refractivity contribution in [2.75, 3.05) is 6.54 Å². The van der Waals surface area contributed by atoms with Gasteiger partial charge in [-0.25, -0.2) is 0 Å². The molecule has 4 nitrogen and oxygen atoms in total. The van der Waals surface area contributed by atoms with Gasteiger partial charge in [0.2, 0.25) is 0 Å². The molecule has 0 spiro atoms. The SMILES string of the molecule is C#CCNCc1nnc(C)n1C1CCCCC1. The highest BCUT2D eigenvalue weighted by Crippen LogP contribution is 2.29. The van der Waals surface area contributed by atoms with Gasteiger partial charge in [-0.1, -0.05) is 25.2 Å². The van der Waals surface area contributed by atoms with E-state index in [2.05, 4.69) is 26.0 Å². The van der Waals surface area contributed by atoms with Crippen molar-refractivity contribution in [3.05, 3.63) is 11.6 Å². The third-order valence-electron chi connectivity index (χ3n) is 3.39. The number of aryl methyl sites for hydroxylation is 1. The second-order valence-corrected chi connectivity index (χ2v) is 4.63. The van der Waals surface area contributed by atoms with Gasteiger partial charge >= 0.3 is 0 Å². The van der Waals surface area contributed by atoms with Crippen LogP contribution in [0.4, 0.5) is 0 Å². The first-order valence-corrected chi connectivity index (χ1v) is 6.37. The van der Waals surface area contributed by atoms with Gasteiger partial charge in [0.15, 0.2) is 0 Å². The Morgan fingerprint density at radius 1 is 1.35 bits per heavy atom. The minimum absolute atomic E-state index is 0.580. The minimum atomic E-state index is 0.580. The number of nitrogens with one attached hydrogen (secondary N) is 1. The molecule has 1 heterocycles. The zero-order valence-electron chi connectivity index (χ0n) is 10.4. The van der Waals surface area contributed by atoms with E-state index < -0.39 is 0 Å². The van der Waals surface area contributed by atoms with E-state index in [-0.39, 0.29) is 0 Å². The Labute approximate surface area is 103 Å². The van der Waals surface area contributed by atoms with E-state index >= 15 is 0 Å². The lowest BCUT2D eigenvalue weighted by atomic mass is 9.95. The van der Waals surface area contributed by atoms with Crippen molar-refractivity contribution in [2.45, 2.75) is 51.6 Å². The summed E-state index contributed by atoms with van der Waals surface area (Å²) >= 11 is 0. The summed E-state index contributed by atoms with van der Waals surface area (Å²) in [5.74, 6) is 4.62. The maximum absolute atomic E-state index is 5.22. The Kier molecular flexibility index (Phi) is 4.16. The van der Waals surface area contributed by atoms with Crippen molar-refractivity contribution in [1.82, 2.24) is 20.1 Å². The van der Waals surface area contributed by atoms with Crippen LogP contribution in [0.3, 0.4) is 0 Å². The van der Waals surface area contributed by atoms with E-state index in [0.717, 1.165) is 11.6 Å². The molecule has 0 aliphatic heterocycles. The number of rotatable bonds is 4. The predicted molar refractivity (Wildman–Crippen MR) is 67.4 cm³/mol. The molecular weight excluding hydrogens is 212 g/mol. The zero-order chi connectivity index (χ0) is 12.1. The highest BCUT2D eigenvalue weighted by atomic mass is 15.3. The van der Waals surface area contributed by atoms with Crippen LogP contribution >= 0.6 is 0 Å². The lowest BCUT2D eigenvalue weighted by Crippen LogP contribution is -2.21. The molecule has 0 bridgehead atoms. The molecular formula is C13H20N4. The molecule has 4 heteroatoms. The molecule has 0 unspecified atom stereocenters. The maximum atomic E-state index is 5.22. The Morgan fingerprint density at radius 2 is 2.12 bits per heavy atom. The van der Waals surface area contributed by atoms with Crippen LogP contribution in [-0.2, 0) is 6.54 Å². The van der Waals surface area contributed by atoms with Gasteiger partial charge in [0, 0.05) is 6.04 Å². The van der Waals surface area contributed by atoms with Gasteiger partial charge in [0.1, 0.15) is 11.6 Å². The number of hydrogen-bond acceptors (Lipinski definition) is 3. The van der Waals surface area contributed by atoms with Gasteiger partial charge in [-0.05, 0) is 19.8 Å². The third kappa shape index (κ3) is 2.86. The fraction of sp³-hybridized carbons (Fsp3) is 0.692. The quantitative estimate of drug-likeness (QED) is 0.636. The molecule has 2 rings (SSSR count). The molecule has 1 aliphatic carbocycles. The lowest BCUT2D eigenvalue weighted by Gasteiger charge is -2.25. The maximum Gasteiger partial charge on any atom is 0.147 e. The smallest absolute Gasteiger partial charge is 0.147 e. The van der Waals surface area contributed by atoms with Crippen LogP contribution < -0.4 is 5.32 Å². The molecule has 1 aliphatic rings. The molecule has 0 atom stereocenters. The summed E-state index contributed by atoms with van der Waals surface area (Å²) in [5.41, 5.74) is 0. The summed E-state index contributed by atoms with van der Waals surface area (Å²) in [6.45, 7) is 3.32. The fourth-order valence-electron chi connectivity index (χ4n) is 2.59. The molecule has 0 radical (unpaired) electrons. The van der Waals surface area contributed by atoms with Crippen LogP contribution in [0, 0.1) is 19.3 Å². The Morgan fingerprint density at radius 3 is 2.82 bits per heavy atom. The summed E-state index contributed by atoms with van der Waals surface area (Å²) in [4.78, 5) is 0. The molecule has 0 amide bonds. The van der Waals surface area contributed by atoms with Crippen LogP contribution in [0.2, 0.25) is 0 Å². The third-order valence-corrected chi connectivity index (χ3v) is 3.39. The van der Waals surface area contributed by atoms with E-state index in [1.165, 1.54) is 32.1 Å². The van der Waals surface area contributed by atoms with Gasteiger partial charge in [0.25, 0.3) is 0 Å². The van der Waals surface area contributed by atoms with Crippen LogP contribution in [0.25, 0.3) is 0 Å². The molecule has 1 N–H and O–H groups in total. The summed E-state index contributed by atoms with van der Waals surface area (Å²) in [7, 11) is 0. The number of hydrogen-bond donors (Lipinski definition) is 1. The first-order valence-electron chi connectivity index (χ1n) is 6.37. The zero-order valence-corrected chi connectivity index (χ0v) is 10.4. The van der Waals surface area contributed by atoms with Crippen LogP contribution in [0.5, 0.6) is 0 Å². The summed E-state index contributed by atoms with van der Waals surface area (Å²) in [6, 6.07) is 0.585. The molecule has 1 saturated carbocycles. The second-order valence-electron chi connectivity index (χ2n) is 4.63. The van der Waals surface area contributed by atoms with Gasteiger partial charge in [-0.2, -0.15) is 0 Å². The van der Waals surface area contributed by atoms with E-state index in [1.54, 1.807) is 0 Å². The van der Waals surface area contributed by atoms with Crippen molar-refractivity contribution < 1.29 is 0 Å². The fourth-order valence-corrected chi connectivity index (χ4v) is 2.59. The van der Waals surface area contributed by atoms with Crippen LogP contribution in [0.15, 0.2) is 0 Å². The number of terminal acetylenes is 1. The van der Waals surface area contributed by atoms with Gasteiger partial charge in [-0.3, -0.25) is 5.32 Å². The first-order chi connectivity index (χ1) is 8.33. The highest BCUT2D eigenvalue weighted by Gasteiger charge is 2.20. The summed E-state index contributed by atoms with van der Waals surface area (Å²) in [5, 5.41) is 11.6. The number of nitrogens with zero attached hydrogens (tertiary/aromatic N) is 3. The van der Waals surface area contributed by atoms with Crippen LogP contribution in [0.1, 0.15) is 49.8 Å². The summed E-state index contributed by atoms with van der Waals surface area (Å²) < 4.78 is 2.29. The molecule has 0 saturated heterocycles. The topological polar surface area (TPSA) is 42.7 Å². The minimum Gasteiger partial charge on any atom is -0.311 e. The van der Waals surface area contributed by atoms with Crippen molar-refractivity contribution in [3.8, 4) is 12.3 Å². The standard InChI is InChI=1S/C13H20N4/c1-3-9-14-10-13-16-15-11(2)17(13)12-7-5-4-6-8-12/h1,12,14H,4-10H2,2H3. The monoisotopic (exact) mass is 232 g/mol. The molecule has 0 aromatic carbocycles. The summed E-state index contributed by atoms with van der Waals surface area (Å²) in [6.07, 6.45) is 11.7. The Bertz CT molecular complexity index is 396. The highest BCUT2D eigenvalue weighted by molar-refractivity contribution is 4.99. The van der Waals surface area contributed by atoms with Gasteiger partial charge < -0.3 is 4.57 Å². The van der Waals surface area contributed by atoms with Crippen molar-refractivity contribution >= 4 is 0 Å². The number of aromatic nitrogens is 3. The van der Waals surface area contributed by atoms with Crippen molar-refractivity contribution in [3.63, 3.8) is 0 Å². The van der Waals surface area contributed by atoms with Crippen molar-refractivity contribution in [1.29, 1.82) is 0 Å². The Hall–Kier alpha value is -1.34. The van der Waals surface area contributed by atoms with E-state index in [9.17, 15) is 0 Å². The van der Waals surface area contributed by atoms with E-state index in [4.69, 9.17) is 6.42 Å². The lowest BCUT2D eigenvalue weighted by molar-refractivity contribution is 0.339. The van der Waals surface area contributed by atoms with Crippen LogP contribution in [-0.4, -0.2) is 21.3 Å². The normalized spacial score (nSPS) is 16.9. The molecule has 1 aromatic heterocycles.